The molecule has 2 aromatic rings. The van der Waals surface area contributed by atoms with E-state index in [9.17, 15) is 18.9 Å². The summed E-state index contributed by atoms with van der Waals surface area (Å²) in [5.74, 6) is -0.172. The monoisotopic (exact) mass is 521 g/mol. The number of amides is 2. The zero-order valence-corrected chi connectivity index (χ0v) is 22.5. The van der Waals surface area contributed by atoms with Crippen molar-refractivity contribution in [3.05, 3.63) is 57.9 Å². The highest BCUT2D eigenvalue weighted by atomic mass is 35.5. The molecule has 2 N–H and O–H groups in total. The van der Waals surface area contributed by atoms with E-state index < -0.39 is 20.3 Å². The molecule has 7 nitrogen and oxygen atoms in total. The lowest BCUT2D eigenvalue weighted by Gasteiger charge is -2.31. The van der Waals surface area contributed by atoms with Crippen molar-refractivity contribution in [2.75, 3.05) is 19.7 Å². The number of nitrogens with one attached hydrogen (secondary N) is 1. The molecule has 1 aromatic heterocycles. The molecular formula is C26H36ClN3O4S. The third kappa shape index (κ3) is 6.54. The number of benzene rings is 1. The second kappa shape index (κ2) is 11.3. The highest BCUT2D eigenvalue weighted by Crippen LogP contribution is 2.46. The highest BCUT2D eigenvalue weighted by molar-refractivity contribution is 7.88. The van der Waals surface area contributed by atoms with Crippen molar-refractivity contribution in [3.63, 3.8) is 0 Å². The number of hydrogen-bond acceptors (Lipinski definition) is 4. The summed E-state index contributed by atoms with van der Waals surface area (Å²) in [6.07, 6.45) is 2.87. The lowest BCUT2D eigenvalue weighted by Crippen LogP contribution is -2.44. The number of hydrogen-bond donors (Lipinski definition) is 2. The van der Waals surface area contributed by atoms with E-state index in [4.69, 9.17) is 11.6 Å². The quantitative estimate of drug-likeness (QED) is 0.394. The third-order valence-corrected chi connectivity index (χ3v) is 9.53. The first-order valence-electron chi connectivity index (χ1n) is 11.9. The molecule has 0 saturated heterocycles. The maximum Gasteiger partial charge on any atom is 0.268 e. The van der Waals surface area contributed by atoms with Gasteiger partial charge in [-0.05, 0) is 76.3 Å². The van der Waals surface area contributed by atoms with Gasteiger partial charge in [0, 0.05) is 59.0 Å². The number of rotatable bonds is 13. The van der Waals surface area contributed by atoms with Crippen molar-refractivity contribution in [1.82, 2.24) is 14.8 Å². The molecule has 35 heavy (non-hydrogen) atoms. The Hall–Kier alpha value is -2.16. The van der Waals surface area contributed by atoms with Gasteiger partial charge in [-0.3, -0.25) is 13.8 Å². The molecule has 0 bridgehead atoms. The fourth-order valence-corrected chi connectivity index (χ4v) is 6.89. The molecule has 1 aliphatic rings. The van der Waals surface area contributed by atoms with E-state index in [-0.39, 0.29) is 12.5 Å². The molecule has 3 rings (SSSR count). The van der Waals surface area contributed by atoms with E-state index in [0.717, 1.165) is 36.1 Å². The molecule has 0 aliphatic heterocycles. The van der Waals surface area contributed by atoms with Crippen molar-refractivity contribution >= 4 is 34.7 Å². The predicted octanol–water partition coefficient (Wildman–Crippen LogP) is 3.59. The summed E-state index contributed by atoms with van der Waals surface area (Å²) in [6, 6.07) is 9.30. The van der Waals surface area contributed by atoms with Crippen molar-refractivity contribution in [3.8, 4) is 0 Å². The Morgan fingerprint density at radius 1 is 1.29 bits per heavy atom. The molecule has 1 fully saturated rings. The van der Waals surface area contributed by atoms with Gasteiger partial charge in [-0.15, -0.1) is 0 Å². The molecule has 2 amide bonds. The van der Waals surface area contributed by atoms with Crippen LogP contribution in [0.2, 0.25) is 5.02 Å². The van der Waals surface area contributed by atoms with Gasteiger partial charge in [0.1, 0.15) is 5.69 Å². The molecular weight excluding hydrogens is 486 g/mol. The number of aromatic nitrogens is 1. The van der Waals surface area contributed by atoms with Crippen molar-refractivity contribution < 1.29 is 18.9 Å². The Balaban J connectivity index is 1.66. The van der Waals surface area contributed by atoms with Gasteiger partial charge in [-0.2, -0.15) is 0 Å². The van der Waals surface area contributed by atoms with Crippen LogP contribution in [0, 0.1) is 13.8 Å². The zero-order valence-electron chi connectivity index (χ0n) is 21.0. The summed E-state index contributed by atoms with van der Waals surface area (Å²) in [5, 5.41) is 13.0. The Morgan fingerprint density at radius 2 is 1.94 bits per heavy atom. The first-order valence-corrected chi connectivity index (χ1v) is 13.5. The summed E-state index contributed by atoms with van der Waals surface area (Å²) in [7, 11) is -1.17. The Labute approximate surface area is 215 Å². The summed E-state index contributed by atoms with van der Waals surface area (Å²) in [6.45, 7) is 9.33. The predicted molar refractivity (Wildman–Crippen MR) is 140 cm³/mol. The van der Waals surface area contributed by atoms with Crippen LogP contribution in [-0.4, -0.2) is 60.3 Å². The maximum absolute atomic E-state index is 13.3. The van der Waals surface area contributed by atoms with E-state index >= 15 is 0 Å². The fourth-order valence-electron chi connectivity index (χ4n) is 4.56. The third-order valence-electron chi connectivity index (χ3n) is 6.74. The minimum absolute atomic E-state index is 0.0126. The molecule has 192 valence electrons. The van der Waals surface area contributed by atoms with E-state index in [0.29, 0.717) is 43.3 Å². The average Bonchev–Trinajstić information content (AvgIpc) is 3.53. The highest BCUT2D eigenvalue weighted by Gasteiger charge is 2.53. The van der Waals surface area contributed by atoms with Gasteiger partial charge in [-0.1, -0.05) is 23.7 Å². The second-order valence-corrected chi connectivity index (χ2v) is 13.0. The first-order chi connectivity index (χ1) is 16.5. The van der Waals surface area contributed by atoms with Gasteiger partial charge < -0.3 is 19.9 Å². The largest absolute Gasteiger partial charge is 0.396 e. The van der Waals surface area contributed by atoms with Crippen molar-refractivity contribution in [2.24, 2.45) is 0 Å². The van der Waals surface area contributed by atoms with E-state index in [1.165, 1.54) is 0 Å². The molecule has 0 spiro atoms. The zero-order chi connectivity index (χ0) is 25.8. The number of nitrogens with zero attached hydrogens (tertiary/aromatic N) is 2. The minimum Gasteiger partial charge on any atom is -0.396 e. The normalized spacial score (nSPS) is 15.5. The number of carbonyl (C=O) groups excluding carboxylic acids is 2. The Kier molecular flexibility index (Phi) is 8.83. The molecule has 1 heterocycles. The van der Waals surface area contributed by atoms with Crippen LogP contribution < -0.4 is 5.32 Å². The topological polar surface area (TPSA) is 91.6 Å². The number of aryl methyl sites for hydroxylation is 2. The number of aliphatic hydroxyl groups is 1. The van der Waals surface area contributed by atoms with Gasteiger partial charge in [0.2, 0.25) is 6.41 Å². The van der Waals surface area contributed by atoms with Crippen LogP contribution in [0.5, 0.6) is 0 Å². The lowest BCUT2D eigenvalue weighted by atomic mass is 10.1. The molecule has 1 aliphatic carbocycles. The van der Waals surface area contributed by atoms with Gasteiger partial charge in [0.05, 0.1) is 4.75 Å². The number of aliphatic hydroxyl groups excluding tert-OH is 1. The smallest absolute Gasteiger partial charge is 0.268 e. The number of halogens is 1. The average molecular weight is 522 g/mol. The number of carbonyl (C=O) groups is 2. The molecule has 1 aromatic carbocycles. The van der Waals surface area contributed by atoms with E-state index in [1.54, 1.807) is 17.0 Å². The summed E-state index contributed by atoms with van der Waals surface area (Å²) in [4.78, 5) is 26.6. The molecule has 1 atom stereocenters. The SMILES string of the molecule is Cc1cc(C)n(CCN(C=O)CC2(S(=O)C(C)(C)CCO)CC2)c1C(=O)NCc1ccc(Cl)cc1. The summed E-state index contributed by atoms with van der Waals surface area (Å²) >= 11 is 5.94. The van der Waals surface area contributed by atoms with Crippen LogP contribution in [0.4, 0.5) is 0 Å². The second-order valence-electron chi connectivity index (χ2n) is 10.0. The maximum atomic E-state index is 13.3. The van der Waals surface area contributed by atoms with Gasteiger partial charge in [0.15, 0.2) is 0 Å². The van der Waals surface area contributed by atoms with Gasteiger partial charge in [0.25, 0.3) is 5.91 Å². The van der Waals surface area contributed by atoms with Crippen LogP contribution in [0.1, 0.15) is 60.4 Å². The van der Waals surface area contributed by atoms with Crippen LogP contribution >= 0.6 is 11.6 Å². The Bertz CT molecular complexity index is 1080. The van der Waals surface area contributed by atoms with E-state index in [1.807, 2.05) is 50.5 Å². The fraction of sp³-hybridized carbons (Fsp3) is 0.538. The van der Waals surface area contributed by atoms with Crippen LogP contribution in [-0.2, 0) is 28.7 Å². The molecule has 1 unspecified atom stereocenters. The van der Waals surface area contributed by atoms with Crippen molar-refractivity contribution in [2.45, 2.75) is 69.5 Å². The van der Waals surface area contributed by atoms with Crippen molar-refractivity contribution in [1.29, 1.82) is 0 Å². The first kappa shape index (κ1) is 27.4. The molecule has 1 saturated carbocycles. The molecule has 0 radical (unpaired) electrons. The minimum atomic E-state index is -1.17. The van der Waals surface area contributed by atoms with Gasteiger partial charge in [-0.25, -0.2) is 0 Å². The molecule has 9 heteroatoms. The van der Waals surface area contributed by atoms with Crippen LogP contribution in [0.15, 0.2) is 30.3 Å². The lowest BCUT2D eigenvalue weighted by molar-refractivity contribution is -0.118. The summed E-state index contributed by atoms with van der Waals surface area (Å²) < 4.78 is 14.3. The standard InChI is InChI=1S/C26H36ClN3O4S/c1-19-15-20(2)30(23(19)24(33)28-16-21-5-7-22(27)8-6-21)13-12-29(18-32)17-26(9-10-26)35(34)25(3,4)11-14-31/h5-8,15,18,31H,9-14,16-17H2,1-4H3,(H,28,33). The van der Waals surface area contributed by atoms with Gasteiger partial charge >= 0.3 is 0 Å². The van der Waals surface area contributed by atoms with E-state index in [2.05, 4.69) is 5.32 Å². The Morgan fingerprint density at radius 3 is 2.51 bits per heavy atom. The van der Waals surface area contributed by atoms with Crippen LogP contribution in [0.3, 0.4) is 0 Å². The summed E-state index contributed by atoms with van der Waals surface area (Å²) in [5.41, 5.74) is 3.35. The van der Waals surface area contributed by atoms with Crippen LogP contribution in [0.25, 0.3) is 0 Å².